The monoisotopic (exact) mass is 301 g/mol. The Morgan fingerprint density at radius 1 is 1.14 bits per heavy atom. The normalized spacial score (nSPS) is 10.1. The molecular formula is C17H16FNO3. The van der Waals surface area contributed by atoms with Gasteiger partial charge in [0, 0.05) is 12.6 Å². The summed E-state index contributed by atoms with van der Waals surface area (Å²) >= 11 is 0. The molecule has 0 fully saturated rings. The summed E-state index contributed by atoms with van der Waals surface area (Å²) in [6.07, 6.45) is 0. The smallest absolute Gasteiger partial charge is 0.340 e. The van der Waals surface area contributed by atoms with Crippen molar-refractivity contribution in [3.05, 3.63) is 65.5 Å². The highest BCUT2D eigenvalue weighted by Gasteiger charge is 2.16. The van der Waals surface area contributed by atoms with E-state index in [0.717, 1.165) is 5.56 Å². The second-order valence-corrected chi connectivity index (χ2v) is 4.80. The van der Waals surface area contributed by atoms with Gasteiger partial charge in [0.25, 0.3) is 0 Å². The molecule has 0 aliphatic carbocycles. The molecule has 2 aromatic carbocycles. The van der Waals surface area contributed by atoms with Gasteiger partial charge in [0.05, 0.1) is 5.56 Å². The number of carbonyl (C=O) groups is 2. The first-order valence-corrected chi connectivity index (χ1v) is 6.75. The third kappa shape index (κ3) is 3.69. The molecule has 0 spiro atoms. The highest BCUT2D eigenvalue weighted by molar-refractivity contribution is 5.93. The van der Waals surface area contributed by atoms with Crippen LogP contribution in [0.15, 0.2) is 48.5 Å². The number of ether oxygens (including phenoxy) is 1. The van der Waals surface area contributed by atoms with Gasteiger partial charge < -0.3 is 4.74 Å². The summed E-state index contributed by atoms with van der Waals surface area (Å²) in [6.45, 7) is 2.85. The molecular weight excluding hydrogens is 285 g/mol. The molecule has 22 heavy (non-hydrogen) atoms. The highest BCUT2D eigenvalue weighted by Crippen LogP contribution is 2.16. The van der Waals surface area contributed by atoms with Crippen molar-refractivity contribution in [2.45, 2.75) is 13.8 Å². The number of amides is 1. The summed E-state index contributed by atoms with van der Waals surface area (Å²) in [5.74, 6) is -1.34. The Balaban J connectivity index is 2.12. The lowest BCUT2D eigenvalue weighted by Crippen LogP contribution is -2.32. The van der Waals surface area contributed by atoms with E-state index in [1.165, 1.54) is 30.0 Å². The molecule has 1 amide bonds. The molecule has 0 heterocycles. The molecule has 0 N–H and O–H groups in total. The average molecular weight is 301 g/mol. The third-order valence-electron chi connectivity index (χ3n) is 3.19. The average Bonchev–Trinajstić information content (AvgIpc) is 2.47. The molecule has 4 nitrogen and oxygen atoms in total. The summed E-state index contributed by atoms with van der Waals surface area (Å²) in [4.78, 5) is 24.9. The van der Waals surface area contributed by atoms with Gasteiger partial charge in [-0.2, -0.15) is 0 Å². The Morgan fingerprint density at radius 2 is 1.86 bits per heavy atom. The van der Waals surface area contributed by atoms with Gasteiger partial charge in [-0.25, -0.2) is 9.18 Å². The van der Waals surface area contributed by atoms with E-state index in [9.17, 15) is 14.0 Å². The van der Waals surface area contributed by atoms with Crippen LogP contribution in [-0.4, -0.2) is 18.6 Å². The summed E-state index contributed by atoms with van der Waals surface area (Å²) in [5.41, 5.74) is 1.56. The Morgan fingerprint density at radius 3 is 2.50 bits per heavy atom. The molecule has 2 rings (SSSR count). The summed E-state index contributed by atoms with van der Waals surface area (Å²) in [5, 5.41) is 0. The maximum atomic E-state index is 13.3. The molecule has 0 unspecified atom stereocenters. The lowest BCUT2D eigenvalue weighted by atomic mass is 10.1. The molecule has 0 saturated heterocycles. The van der Waals surface area contributed by atoms with Crippen molar-refractivity contribution in [1.82, 2.24) is 0 Å². The molecule has 0 saturated carbocycles. The van der Waals surface area contributed by atoms with Crippen LogP contribution in [0.25, 0.3) is 0 Å². The van der Waals surface area contributed by atoms with Gasteiger partial charge >= 0.3 is 5.97 Å². The van der Waals surface area contributed by atoms with Gasteiger partial charge in [-0.15, -0.1) is 0 Å². The van der Waals surface area contributed by atoms with Crippen LogP contribution in [0.4, 0.5) is 10.1 Å². The van der Waals surface area contributed by atoms with Gasteiger partial charge in [-0.3, -0.25) is 9.69 Å². The van der Waals surface area contributed by atoms with Crippen molar-refractivity contribution in [2.24, 2.45) is 0 Å². The van der Waals surface area contributed by atoms with E-state index in [1.54, 1.807) is 31.2 Å². The number of benzene rings is 2. The number of hydrogen-bond donors (Lipinski definition) is 0. The van der Waals surface area contributed by atoms with Crippen LogP contribution < -0.4 is 4.90 Å². The first-order chi connectivity index (χ1) is 10.5. The second kappa shape index (κ2) is 6.85. The number of aryl methyl sites for hydroxylation is 1. The molecule has 0 bridgehead atoms. The van der Waals surface area contributed by atoms with Gasteiger partial charge in [-0.1, -0.05) is 24.3 Å². The van der Waals surface area contributed by atoms with Gasteiger partial charge in [0.2, 0.25) is 5.91 Å². The van der Waals surface area contributed by atoms with Crippen LogP contribution in [0.3, 0.4) is 0 Å². The quantitative estimate of drug-likeness (QED) is 0.643. The summed E-state index contributed by atoms with van der Waals surface area (Å²) < 4.78 is 18.4. The predicted molar refractivity (Wildman–Crippen MR) is 81.0 cm³/mol. The minimum absolute atomic E-state index is 0.272. The second-order valence-electron chi connectivity index (χ2n) is 4.80. The fraction of sp³-hybridized carbons (Fsp3) is 0.176. The molecule has 114 valence electrons. The van der Waals surface area contributed by atoms with Crippen molar-refractivity contribution < 1.29 is 18.7 Å². The third-order valence-corrected chi connectivity index (χ3v) is 3.19. The van der Waals surface area contributed by atoms with Gasteiger partial charge in [0.15, 0.2) is 6.73 Å². The summed E-state index contributed by atoms with van der Waals surface area (Å²) in [6, 6.07) is 12.6. The summed E-state index contributed by atoms with van der Waals surface area (Å²) in [7, 11) is 0. The van der Waals surface area contributed by atoms with Crippen molar-refractivity contribution >= 4 is 17.6 Å². The molecule has 2 aromatic rings. The molecule has 0 aliphatic heterocycles. The van der Waals surface area contributed by atoms with E-state index in [1.807, 2.05) is 6.07 Å². The fourth-order valence-electron chi connectivity index (χ4n) is 1.99. The zero-order chi connectivity index (χ0) is 16.1. The van der Waals surface area contributed by atoms with E-state index >= 15 is 0 Å². The topological polar surface area (TPSA) is 46.6 Å². The zero-order valence-electron chi connectivity index (χ0n) is 12.4. The van der Waals surface area contributed by atoms with Crippen LogP contribution >= 0.6 is 0 Å². The van der Waals surface area contributed by atoms with Crippen LogP contribution in [-0.2, 0) is 9.53 Å². The Kier molecular flexibility index (Phi) is 4.88. The molecule has 0 atom stereocenters. The van der Waals surface area contributed by atoms with Crippen molar-refractivity contribution in [2.75, 3.05) is 11.6 Å². The standard InChI is InChI=1S/C17H16FNO3/c1-12-6-3-4-9-16(12)17(21)22-11-19(13(2)20)15-8-5-7-14(18)10-15/h3-10H,11H2,1-2H3. The van der Waals surface area contributed by atoms with E-state index in [-0.39, 0.29) is 12.6 Å². The zero-order valence-corrected chi connectivity index (χ0v) is 12.4. The van der Waals surface area contributed by atoms with Crippen molar-refractivity contribution in [1.29, 1.82) is 0 Å². The minimum Gasteiger partial charge on any atom is -0.440 e. The largest absolute Gasteiger partial charge is 0.440 e. The van der Waals surface area contributed by atoms with E-state index < -0.39 is 11.8 Å². The van der Waals surface area contributed by atoms with Gasteiger partial charge in [-0.05, 0) is 36.8 Å². The first kappa shape index (κ1) is 15.7. The van der Waals surface area contributed by atoms with Crippen molar-refractivity contribution in [3.63, 3.8) is 0 Å². The lowest BCUT2D eigenvalue weighted by Gasteiger charge is -2.21. The van der Waals surface area contributed by atoms with Crippen LogP contribution in [0, 0.1) is 12.7 Å². The van der Waals surface area contributed by atoms with Gasteiger partial charge in [0.1, 0.15) is 5.82 Å². The van der Waals surface area contributed by atoms with Crippen LogP contribution in [0.1, 0.15) is 22.8 Å². The predicted octanol–water partition coefficient (Wildman–Crippen LogP) is 3.30. The highest BCUT2D eigenvalue weighted by atomic mass is 19.1. The minimum atomic E-state index is -0.527. The first-order valence-electron chi connectivity index (χ1n) is 6.75. The number of carbonyl (C=O) groups excluding carboxylic acids is 2. The number of anilines is 1. The lowest BCUT2D eigenvalue weighted by molar-refractivity contribution is -0.117. The van der Waals surface area contributed by atoms with E-state index in [0.29, 0.717) is 11.3 Å². The van der Waals surface area contributed by atoms with Crippen LogP contribution in [0.2, 0.25) is 0 Å². The molecule has 0 radical (unpaired) electrons. The van der Waals surface area contributed by atoms with E-state index in [2.05, 4.69) is 0 Å². The molecule has 0 aliphatic rings. The Bertz CT molecular complexity index is 700. The maximum absolute atomic E-state index is 13.3. The Labute approximate surface area is 128 Å². The molecule has 0 aromatic heterocycles. The number of esters is 1. The number of halogens is 1. The Hall–Kier alpha value is -2.69. The van der Waals surface area contributed by atoms with Crippen molar-refractivity contribution in [3.8, 4) is 0 Å². The van der Waals surface area contributed by atoms with Crippen LogP contribution in [0.5, 0.6) is 0 Å². The fourth-order valence-corrected chi connectivity index (χ4v) is 1.99. The number of hydrogen-bond acceptors (Lipinski definition) is 3. The number of nitrogens with zero attached hydrogens (tertiary/aromatic N) is 1. The van der Waals surface area contributed by atoms with E-state index in [4.69, 9.17) is 4.74 Å². The number of rotatable bonds is 4. The maximum Gasteiger partial charge on any atom is 0.340 e. The SMILES string of the molecule is CC(=O)N(COC(=O)c1ccccc1C)c1cccc(F)c1. The molecule has 5 heteroatoms.